The van der Waals surface area contributed by atoms with Crippen molar-refractivity contribution >= 4 is 6.03 Å². The normalized spacial score (nSPS) is 13.0. The van der Waals surface area contributed by atoms with E-state index in [1.165, 1.54) is 0 Å². The monoisotopic (exact) mass is 326 g/mol. The van der Waals surface area contributed by atoms with E-state index in [-0.39, 0.29) is 6.03 Å². The lowest BCUT2D eigenvalue weighted by molar-refractivity contribution is 0.206. The second kappa shape index (κ2) is 7.73. The summed E-state index contributed by atoms with van der Waals surface area (Å²) in [6.07, 6.45) is 0.880. The van der Waals surface area contributed by atoms with Crippen molar-refractivity contribution < 1.29 is 14.3 Å². The minimum Gasteiger partial charge on any atom is -0.490 e. The average Bonchev–Trinajstić information content (AvgIpc) is 2.85. The zero-order valence-electron chi connectivity index (χ0n) is 13.8. The first-order chi connectivity index (χ1) is 11.7. The lowest BCUT2D eigenvalue weighted by Crippen LogP contribution is -2.36. The molecule has 0 radical (unpaired) electrons. The number of ether oxygens (including phenoxy) is 2. The number of benzene rings is 2. The van der Waals surface area contributed by atoms with Crippen LogP contribution >= 0.6 is 0 Å². The minimum atomic E-state index is -0.106. The Morgan fingerprint density at radius 1 is 1.04 bits per heavy atom. The van der Waals surface area contributed by atoms with E-state index in [2.05, 4.69) is 5.32 Å². The van der Waals surface area contributed by atoms with Crippen LogP contribution in [0.2, 0.25) is 0 Å². The van der Waals surface area contributed by atoms with E-state index in [4.69, 9.17) is 9.47 Å². The van der Waals surface area contributed by atoms with Gasteiger partial charge in [0.25, 0.3) is 0 Å². The van der Waals surface area contributed by atoms with E-state index in [1.807, 2.05) is 48.5 Å². The van der Waals surface area contributed by atoms with Gasteiger partial charge in [-0.05, 0) is 23.3 Å². The fraction of sp³-hybridized carbons (Fsp3) is 0.316. The van der Waals surface area contributed by atoms with Gasteiger partial charge in [0, 0.05) is 26.6 Å². The van der Waals surface area contributed by atoms with Gasteiger partial charge in [0.2, 0.25) is 0 Å². The van der Waals surface area contributed by atoms with E-state index < -0.39 is 0 Å². The molecule has 2 amide bonds. The first-order valence-corrected chi connectivity index (χ1v) is 8.14. The smallest absolute Gasteiger partial charge is 0.317 e. The Morgan fingerprint density at radius 3 is 2.58 bits per heavy atom. The third-order valence-electron chi connectivity index (χ3n) is 3.86. The van der Waals surface area contributed by atoms with E-state index in [0.29, 0.717) is 26.3 Å². The van der Waals surface area contributed by atoms with Crippen LogP contribution in [0.3, 0.4) is 0 Å². The maximum Gasteiger partial charge on any atom is 0.317 e. The van der Waals surface area contributed by atoms with Crippen LogP contribution in [0.5, 0.6) is 11.5 Å². The van der Waals surface area contributed by atoms with Gasteiger partial charge in [-0.3, -0.25) is 0 Å². The standard InChI is InChI=1S/C19H22N2O3/c1-21(14-15-6-3-2-4-7-15)19(22)20-13-16-8-9-17-18(12-16)24-11-5-10-23-17/h2-4,6-9,12H,5,10-11,13-14H2,1H3,(H,20,22). The molecule has 5 heteroatoms. The van der Waals surface area contributed by atoms with Crippen molar-refractivity contribution in [2.24, 2.45) is 0 Å². The summed E-state index contributed by atoms with van der Waals surface area (Å²) in [5, 5.41) is 2.93. The Bertz CT molecular complexity index is 688. The number of nitrogens with one attached hydrogen (secondary N) is 1. The first kappa shape index (κ1) is 16.2. The molecule has 2 aromatic carbocycles. The predicted molar refractivity (Wildman–Crippen MR) is 92.2 cm³/mol. The van der Waals surface area contributed by atoms with Crippen molar-refractivity contribution in [3.8, 4) is 11.5 Å². The molecule has 0 atom stereocenters. The third-order valence-corrected chi connectivity index (χ3v) is 3.86. The number of hydrogen-bond acceptors (Lipinski definition) is 3. The van der Waals surface area contributed by atoms with Gasteiger partial charge in [0.15, 0.2) is 11.5 Å². The van der Waals surface area contributed by atoms with Gasteiger partial charge in [-0.1, -0.05) is 36.4 Å². The fourth-order valence-corrected chi connectivity index (χ4v) is 2.56. The average molecular weight is 326 g/mol. The van der Waals surface area contributed by atoms with E-state index in [9.17, 15) is 4.79 Å². The zero-order valence-corrected chi connectivity index (χ0v) is 13.8. The number of rotatable bonds is 4. The molecule has 2 aromatic rings. The van der Waals surface area contributed by atoms with E-state index in [1.54, 1.807) is 11.9 Å². The van der Waals surface area contributed by atoms with Crippen LogP contribution < -0.4 is 14.8 Å². The molecule has 24 heavy (non-hydrogen) atoms. The number of hydrogen-bond donors (Lipinski definition) is 1. The number of urea groups is 1. The Balaban J connectivity index is 1.55. The molecule has 1 heterocycles. The van der Waals surface area contributed by atoms with Gasteiger partial charge >= 0.3 is 6.03 Å². The maximum absolute atomic E-state index is 12.2. The lowest BCUT2D eigenvalue weighted by Gasteiger charge is -2.18. The van der Waals surface area contributed by atoms with Crippen molar-refractivity contribution in [1.29, 1.82) is 0 Å². The highest BCUT2D eigenvalue weighted by molar-refractivity contribution is 5.73. The van der Waals surface area contributed by atoms with Gasteiger partial charge in [-0.2, -0.15) is 0 Å². The van der Waals surface area contributed by atoms with Crippen LogP contribution in [0, 0.1) is 0 Å². The molecule has 0 aliphatic carbocycles. The zero-order chi connectivity index (χ0) is 16.8. The van der Waals surface area contributed by atoms with Crippen LogP contribution in [0.1, 0.15) is 17.5 Å². The predicted octanol–water partition coefficient (Wildman–Crippen LogP) is 3.19. The quantitative estimate of drug-likeness (QED) is 0.939. The molecular formula is C19H22N2O3. The fourth-order valence-electron chi connectivity index (χ4n) is 2.56. The van der Waals surface area contributed by atoms with Crippen molar-refractivity contribution in [2.45, 2.75) is 19.5 Å². The van der Waals surface area contributed by atoms with Crippen molar-refractivity contribution in [3.63, 3.8) is 0 Å². The summed E-state index contributed by atoms with van der Waals surface area (Å²) in [6.45, 7) is 2.36. The van der Waals surface area contributed by atoms with Crippen LogP contribution in [0.25, 0.3) is 0 Å². The van der Waals surface area contributed by atoms with Gasteiger partial charge in [0.1, 0.15) is 0 Å². The molecule has 0 saturated carbocycles. The summed E-state index contributed by atoms with van der Waals surface area (Å²) in [7, 11) is 1.79. The first-order valence-electron chi connectivity index (χ1n) is 8.14. The van der Waals surface area contributed by atoms with E-state index >= 15 is 0 Å². The molecular weight excluding hydrogens is 304 g/mol. The second-order valence-corrected chi connectivity index (χ2v) is 5.83. The molecule has 0 bridgehead atoms. The number of fused-ring (bicyclic) bond motifs is 1. The van der Waals surface area contributed by atoms with Crippen LogP contribution in [0.15, 0.2) is 48.5 Å². The van der Waals surface area contributed by atoms with Crippen molar-refractivity contribution in [2.75, 3.05) is 20.3 Å². The number of carbonyl (C=O) groups excluding carboxylic acids is 1. The topological polar surface area (TPSA) is 50.8 Å². The molecule has 1 N–H and O–H groups in total. The Kier molecular flexibility index (Phi) is 5.21. The van der Waals surface area contributed by atoms with Crippen molar-refractivity contribution in [1.82, 2.24) is 10.2 Å². The minimum absolute atomic E-state index is 0.106. The molecule has 1 aliphatic heterocycles. The van der Waals surface area contributed by atoms with E-state index in [0.717, 1.165) is 29.0 Å². The molecule has 5 nitrogen and oxygen atoms in total. The summed E-state index contributed by atoms with van der Waals surface area (Å²) in [4.78, 5) is 13.9. The molecule has 3 rings (SSSR count). The molecule has 0 unspecified atom stereocenters. The molecule has 126 valence electrons. The molecule has 0 fully saturated rings. The molecule has 0 spiro atoms. The van der Waals surface area contributed by atoms with Crippen LogP contribution in [0.4, 0.5) is 4.79 Å². The lowest BCUT2D eigenvalue weighted by atomic mass is 10.2. The van der Waals surface area contributed by atoms with Crippen LogP contribution in [-0.4, -0.2) is 31.2 Å². The molecule has 0 aromatic heterocycles. The highest BCUT2D eigenvalue weighted by Gasteiger charge is 2.12. The second-order valence-electron chi connectivity index (χ2n) is 5.83. The Morgan fingerprint density at radius 2 is 1.79 bits per heavy atom. The number of carbonyl (C=O) groups is 1. The summed E-state index contributed by atoms with van der Waals surface area (Å²) in [6, 6.07) is 15.6. The molecule has 0 saturated heterocycles. The van der Waals surface area contributed by atoms with Gasteiger partial charge in [0.05, 0.1) is 13.2 Å². The SMILES string of the molecule is CN(Cc1ccccc1)C(=O)NCc1ccc2c(c1)OCCCO2. The third kappa shape index (κ3) is 4.19. The number of amides is 2. The molecule has 1 aliphatic rings. The summed E-state index contributed by atoms with van der Waals surface area (Å²) >= 11 is 0. The summed E-state index contributed by atoms with van der Waals surface area (Å²) in [5.41, 5.74) is 2.09. The highest BCUT2D eigenvalue weighted by atomic mass is 16.5. The summed E-state index contributed by atoms with van der Waals surface area (Å²) < 4.78 is 11.3. The van der Waals surface area contributed by atoms with Gasteiger partial charge in [-0.25, -0.2) is 4.79 Å². The Hall–Kier alpha value is -2.69. The van der Waals surface area contributed by atoms with Gasteiger partial charge in [-0.15, -0.1) is 0 Å². The van der Waals surface area contributed by atoms with Crippen molar-refractivity contribution in [3.05, 3.63) is 59.7 Å². The van der Waals surface area contributed by atoms with Gasteiger partial charge < -0.3 is 19.7 Å². The number of nitrogens with zero attached hydrogens (tertiary/aromatic N) is 1. The summed E-state index contributed by atoms with van der Waals surface area (Å²) in [5.74, 6) is 1.51. The maximum atomic E-state index is 12.2. The largest absolute Gasteiger partial charge is 0.490 e. The highest BCUT2D eigenvalue weighted by Crippen LogP contribution is 2.30. The Labute approximate surface area is 142 Å². The van der Waals surface area contributed by atoms with Crippen LogP contribution in [-0.2, 0) is 13.1 Å².